The molecule has 0 amide bonds. The number of carboxylic acid groups (broad SMARTS) is 1. The molecule has 9 heteroatoms. The Kier molecular flexibility index (Phi) is 4.74. The number of hydrogen-bond donors (Lipinski definition) is 2. The molecule has 0 aliphatic carbocycles. The maximum Gasteiger partial charge on any atom is 0.335 e. The minimum atomic E-state index is -3.76. The summed E-state index contributed by atoms with van der Waals surface area (Å²) in [6.07, 6.45) is 0. The van der Waals surface area contributed by atoms with E-state index in [4.69, 9.17) is 4.74 Å². The highest BCUT2D eigenvalue weighted by Gasteiger charge is 2.21. The molecule has 1 aliphatic rings. The SMILES string of the molecule is O=C(O)c1ccc(N2CCOCC2)c(NS(=O)(=O)c2cccs2)c1. The van der Waals surface area contributed by atoms with Crippen molar-refractivity contribution >= 4 is 38.7 Å². The molecule has 0 radical (unpaired) electrons. The van der Waals surface area contributed by atoms with Crippen molar-refractivity contribution in [2.75, 3.05) is 35.9 Å². The van der Waals surface area contributed by atoms with Crippen LogP contribution in [0.4, 0.5) is 11.4 Å². The Morgan fingerprint density at radius 3 is 2.62 bits per heavy atom. The summed E-state index contributed by atoms with van der Waals surface area (Å²) in [5.41, 5.74) is 0.921. The van der Waals surface area contributed by atoms with Gasteiger partial charge in [0.25, 0.3) is 10.0 Å². The highest BCUT2D eigenvalue weighted by molar-refractivity contribution is 7.94. The quantitative estimate of drug-likeness (QED) is 0.839. The van der Waals surface area contributed by atoms with Gasteiger partial charge in [0.05, 0.1) is 30.2 Å². The molecule has 7 nitrogen and oxygen atoms in total. The van der Waals surface area contributed by atoms with E-state index < -0.39 is 16.0 Å². The smallest absolute Gasteiger partial charge is 0.335 e. The largest absolute Gasteiger partial charge is 0.478 e. The lowest BCUT2D eigenvalue weighted by molar-refractivity contribution is 0.0697. The predicted octanol–water partition coefficient (Wildman–Crippen LogP) is 2.08. The first-order chi connectivity index (χ1) is 11.5. The number of sulfonamides is 1. The zero-order valence-corrected chi connectivity index (χ0v) is 14.3. The molecule has 1 aliphatic heterocycles. The molecular weight excluding hydrogens is 352 g/mol. The Morgan fingerprint density at radius 1 is 1.25 bits per heavy atom. The number of morpholine rings is 1. The summed E-state index contributed by atoms with van der Waals surface area (Å²) in [6.45, 7) is 2.30. The van der Waals surface area contributed by atoms with Crippen LogP contribution in [0.1, 0.15) is 10.4 Å². The van der Waals surface area contributed by atoms with E-state index in [1.54, 1.807) is 17.5 Å². The van der Waals surface area contributed by atoms with Gasteiger partial charge in [-0.05, 0) is 29.6 Å². The third-order valence-corrected chi connectivity index (χ3v) is 6.36. The van der Waals surface area contributed by atoms with Gasteiger partial charge in [-0.3, -0.25) is 4.72 Å². The van der Waals surface area contributed by atoms with Crippen molar-refractivity contribution in [3.8, 4) is 0 Å². The van der Waals surface area contributed by atoms with E-state index in [1.807, 2.05) is 4.90 Å². The molecule has 24 heavy (non-hydrogen) atoms. The van der Waals surface area contributed by atoms with Crippen LogP contribution < -0.4 is 9.62 Å². The van der Waals surface area contributed by atoms with Gasteiger partial charge in [0.1, 0.15) is 4.21 Å². The molecule has 0 saturated carbocycles. The number of anilines is 2. The molecule has 1 aromatic carbocycles. The Morgan fingerprint density at radius 2 is 2.00 bits per heavy atom. The second-order valence-electron chi connectivity index (χ2n) is 5.17. The summed E-state index contributed by atoms with van der Waals surface area (Å²) in [4.78, 5) is 13.2. The number of rotatable bonds is 5. The number of nitrogens with one attached hydrogen (secondary N) is 1. The van der Waals surface area contributed by atoms with Gasteiger partial charge in [0.15, 0.2) is 0 Å². The van der Waals surface area contributed by atoms with Gasteiger partial charge in [-0.1, -0.05) is 6.07 Å². The molecule has 0 spiro atoms. The lowest BCUT2D eigenvalue weighted by Gasteiger charge is -2.30. The van der Waals surface area contributed by atoms with Crippen LogP contribution >= 0.6 is 11.3 Å². The van der Waals surface area contributed by atoms with E-state index in [0.29, 0.717) is 32.0 Å². The van der Waals surface area contributed by atoms with E-state index in [1.165, 1.54) is 18.2 Å². The van der Waals surface area contributed by atoms with Crippen LogP contribution in [0.3, 0.4) is 0 Å². The number of nitrogens with zero attached hydrogens (tertiary/aromatic N) is 1. The number of hydrogen-bond acceptors (Lipinski definition) is 6. The standard InChI is InChI=1S/C15H16N2O5S2/c18-15(19)11-3-4-13(17-5-7-22-8-6-17)12(10-11)16-24(20,21)14-2-1-9-23-14/h1-4,9-10,16H,5-8H2,(H,18,19). The molecule has 3 rings (SSSR count). The van der Waals surface area contributed by atoms with Crippen LogP contribution in [0.15, 0.2) is 39.9 Å². The van der Waals surface area contributed by atoms with Crippen LogP contribution in [0, 0.1) is 0 Å². The van der Waals surface area contributed by atoms with Crippen LogP contribution in [-0.2, 0) is 14.8 Å². The van der Waals surface area contributed by atoms with E-state index in [9.17, 15) is 18.3 Å². The van der Waals surface area contributed by atoms with Gasteiger partial charge < -0.3 is 14.7 Å². The summed E-state index contributed by atoms with van der Waals surface area (Å²) in [7, 11) is -3.76. The van der Waals surface area contributed by atoms with E-state index in [2.05, 4.69) is 4.72 Å². The normalized spacial score (nSPS) is 15.2. The maximum absolute atomic E-state index is 12.5. The lowest BCUT2D eigenvalue weighted by Crippen LogP contribution is -2.36. The predicted molar refractivity (Wildman–Crippen MR) is 91.6 cm³/mol. The van der Waals surface area contributed by atoms with Crippen LogP contribution in [0.25, 0.3) is 0 Å². The molecule has 1 saturated heterocycles. The number of aromatic carboxylic acids is 1. The Bertz CT molecular complexity index is 828. The summed E-state index contributed by atoms with van der Waals surface area (Å²) >= 11 is 1.10. The molecular formula is C15H16N2O5S2. The van der Waals surface area contributed by atoms with Crippen LogP contribution in [-0.4, -0.2) is 45.8 Å². The average molecular weight is 368 g/mol. The van der Waals surface area contributed by atoms with Crippen molar-refractivity contribution in [1.29, 1.82) is 0 Å². The zero-order valence-electron chi connectivity index (χ0n) is 12.6. The molecule has 0 unspecified atom stereocenters. The fourth-order valence-electron chi connectivity index (χ4n) is 2.44. The highest BCUT2D eigenvalue weighted by atomic mass is 32.2. The van der Waals surface area contributed by atoms with Gasteiger partial charge in [-0.2, -0.15) is 0 Å². The van der Waals surface area contributed by atoms with Gasteiger partial charge in [-0.15, -0.1) is 11.3 Å². The number of carbonyl (C=O) groups is 1. The number of benzene rings is 1. The van der Waals surface area contributed by atoms with Gasteiger partial charge >= 0.3 is 5.97 Å². The topological polar surface area (TPSA) is 95.9 Å². The summed E-state index contributed by atoms with van der Waals surface area (Å²) in [6, 6.07) is 7.59. The fourth-order valence-corrected chi connectivity index (χ4v) is 4.50. The van der Waals surface area contributed by atoms with E-state index >= 15 is 0 Å². The van der Waals surface area contributed by atoms with Crippen molar-refractivity contribution in [3.05, 3.63) is 41.3 Å². The van der Waals surface area contributed by atoms with Crippen LogP contribution in [0.5, 0.6) is 0 Å². The van der Waals surface area contributed by atoms with Gasteiger partial charge in [0, 0.05) is 13.1 Å². The fraction of sp³-hybridized carbons (Fsp3) is 0.267. The lowest BCUT2D eigenvalue weighted by atomic mass is 10.1. The highest BCUT2D eigenvalue weighted by Crippen LogP contribution is 2.31. The number of ether oxygens (including phenoxy) is 1. The molecule has 2 aromatic rings. The van der Waals surface area contributed by atoms with Gasteiger partial charge in [-0.25, -0.2) is 13.2 Å². The number of carboxylic acids is 1. The van der Waals surface area contributed by atoms with E-state index in [-0.39, 0.29) is 15.5 Å². The number of thiophene rings is 1. The van der Waals surface area contributed by atoms with Crippen molar-refractivity contribution in [1.82, 2.24) is 0 Å². The zero-order chi connectivity index (χ0) is 17.2. The molecule has 1 aromatic heterocycles. The van der Waals surface area contributed by atoms with Crippen molar-refractivity contribution in [2.24, 2.45) is 0 Å². The first-order valence-electron chi connectivity index (χ1n) is 7.24. The second kappa shape index (κ2) is 6.80. The molecule has 1 fully saturated rings. The van der Waals surface area contributed by atoms with Crippen molar-refractivity contribution in [2.45, 2.75) is 4.21 Å². The summed E-state index contributed by atoms with van der Waals surface area (Å²) < 4.78 is 33.0. The summed E-state index contributed by atoms with van der Waals surface area (Å²) in [5, 5.41) is 10.9. The first kappa shape index (κ1) is 16.7. The minimum absolute atomic E-state index is 0.0240. The van der Waals surface area contributed by atoms with Crippen LogP contribution in [0.2, 0.25) is 0 Å². The molecule has 0 atom stereocenters. The molecule has 2 N–H and O–H groups in total. The van der Waals surface area contributed by atoms with E-state index in [0.717, 1.165) is 11.3 Å². The van der Waals surface area contributed by atoms with Crippen molar-refractivity contribution in [3.63, 3.8) is 0 Å². The Hall–Kier alpha value is -2.10. The summed E-state index contributed by atoms with van der Waals surface area (Å²) in [5.74, 6) is -1.11. The molecule has 128 valence electrons. The second-order valence-corrected chi connectivity index (χ2v) is 8.03. The molecule has 0 bridgehead atoms. The minimum Gasteiger partial charge on any atom is -0.478 e. The maximum atomic E-state index is 12.5. The average Bonchev–Trinajstić information content (AvgIpc) is 3.10. The van der Waals surface area contributed by atoms with Gasteiger partial charge in [0.2, 0.25) is 0 Å². The Labute approximate surface area is 143 Å². The third kappa shape index (κ3) is 3.53. The molecule has 2 heterocycles. The Balaban J connectivity index is 1.99. The first-order valence-corrected chi connectivity index (χ1v) is 9.60. The third-order valence-electron chi connectivity index (χ3n) is 3.60. The monoisotopic (exact) mass is 368 g/mol. The van der Waals surface area contributed by atoms with Crippen molar-refractivity contribution < 1.29 is 23.1 Å².